The van der Waals surface area contributed by atoms with Gasteiger partial charge >= 0.3 is 6.18 Å². The predicted molar refractivity (Wildman–Crippen MR) is 151 cm³/mol. The zero-order valence-electron chi connectivity index (χ0n) is 22.5. The van der Waals surface area contributed by atoms with E-state index in [4.69, 9.17) is 9.72 Å². The summed E-state index contributed by atoms with van der Waals surface area (Å²) in [5.74, 6) is -0.0322. The number of nitrogens with zero attached hydrogens (tertiary/aromatic N) is 3. The Hall–Kier alpha value is -4.28. The van der Waals surface area contributed by atoms with Gasteiger partial charge in [0.25, 0.3) is 5.91 Å². The predicted octanol–water partition coefficient (Wildman–Crippen LogP) is 6.42. The summed E-state index contributed by atoms with van der Waals surface area (Å²) in [4.78, 5) is 24.2. The molecular weight excluding hydrogens is 531 g/mol. The van der Waals surface area contributed by atoms with Gasteiger partial charge < -0.3 is 15.4 Å². The number of carbonyl (C=O) groups excluding carboxylic acids is 1. The Bertz CT molecular complexity index is 1510. The summed E-state index contributed by atoms with van der Waals surface area (Å²) in [5.41, 5.74) is 3.29. The van der Waals surface area contributed by atoms with Gasteiger partial charge in [0.15, 0.2) is 0 Å². The number of hydrogen-bond acceptors (Lipinski definition) is 6. The lowest BCUT2D eigenvalue weighted by atomic mass is 10.1. The number of halogens is 3. The molecule has 2 heterocycles. The molecule has 41 heavy (non-hydrogen) atoms. The van der Waals surface area contributed by atoms with Crippen molar-refractivity contribution in [1.29, 1.82) is 0 Å². The van der Waals surface area contributed by atoms with Crippen LogP contribution in [0.2, 0.25) is 0 Å². The second-order valence-corrected chi connectivity index (χ2v) is 9.90. The summed E-state index contributed by atoms with van der Waals surface area (Å²) in [5, 5.41) is 6.04. The van der Waals surface area contributed by atoms with Gasteiger partial charge in [-0.1, -0.05) is 36.4 Å². The highest BCUT2D eigenvalue weighted by atomic mass is 19.4. The van der Waals surface area contributed by atoms with Crippen molar-refractivity contribution in [3.05, 3.63) is 107 Å². The standard InChI is InChI=1S/C31H30F3N5O2/c1-21(23-6-4-10-27(17-23)37-30(40)25-8-3-9-26(16-25)31(32,33)34)36-29-19-35-18-28(38-29)24-7-2-5-22(15-24)20-39-11-13-41-14-12-39/h2-10,15-19,21H,11-14,20H2,1H3,(H,36,38)(H,37,40)/t21-/m0/s1. The van der Waals surface area contributed by atoms with Crippen molar-refractivity contribution >= 4 is 17.4 Å². The highest BCUT2D eigenvalue weighted by Crippen LogP contribution is 2.30. The van der Waals surface area contributed by atoms with Crippen LogP contribution in [0, 0.1) is 0 Å². The minimum Gasteiger partial charge on any atom is -0.379 e. The fraction of sp³-hybridized carbons (Fsp3) is 0.258. The molecule has 1 fully saturated rings. The Labute approximate surface area is 236 Å². The highest BCUT2D eigenvalue weighted by molar-refractivity contribution is 6.04. The molecule has 1 amide bonds. The fourth-order valence-corrected chi connectivity index (χ4v) is 4.65. The first kappa shape index (κ1) is 28.3. The van der Waals surface area contributed by atoms with Gasteiger partial charge in [0, 0.05) is 36.4 Å². The van der Waals surface area contributed by atoms with E-state index in [2.05, 4.69) is 32.7 Å². The number of aromatic nitrogens is 2. The van der Waals surface area contributed by atoms with Crippen LogP contribution in [0.5, 0.6) is 0 Å². The SMILES string of the molecule is C[C@H](Nc1cncc(-c2cccc(CN3CCOCC3)c2)n1)c1cccc(NC(=O)c2cccc(C(F)(F)F)c2)c1. The normalized spacial score (nSPS) is 14.8. The van der Waals surface area contributed by atoms with Gasteiger partial charge in [0.2, 0.25) is 0 Å². The minimum atomic E-state index is -4.52. The number of alkyl halides is 3. The summed E-state index contributed by atoms with van der Waals surface area (Å²) in [6.07, 6.45) is -1.15. The molecule has 0 saturated carbocycles. The largest absolute Gasteiger partial charge is 0.416 e. The van der Waals surface area contributed by atoms with Gasteiger partial charge in [-0.15, -0.1) is 0 Å². The second kappa shape index (κ2) is 12.5. The van der Waals surface area contributed by atoms with Crippen molar-refractivity contribution in [2.24, 2.45) is 0 Å². The molecule has 1 atom stereocenters. The van der Waals surface area contributed by atoms with Crippen molar-refractivity contribution in [2.45, 2.75) is 25.7 Å². The monoisotopic (exact) mass is 561 g/mol. The lowest BCUT2D eigenvalue weighted by Crippen LogP contribution is -2.35. The molecule has 0 radical (unpaired) electrons. The van der Waals surface area contributed by atoms with Crippen LogP contribution in [0.4, 0.5) is 24.7 Å². The van der Waals surface area contributed by atoms with Crippen LogP contribution in [0.25, 0.3) is 11.3 Å². The third-order valence-electron chi connectivity index (χ3n) is 6.83. The van der Waals surface area contributed by atoms with Gasteiger partial charge in [-0.3, -0.25) is 14.7 Å². The Morgan fingerprint density at radius 3 is 2.59 bits per heavy atom. The van der Waals surface area contributed by atoms with Crippen molar-refractivity contribution in [1.82, 2.24) is 14.9 Å². The highest BCUT2D eigenvalue weighted by Gasteiger charge is 2.31. The number of morpholine rings is 1. The van der Waals surface area contributed by atoms with Crippen LogP contribution in [0.3, 0.4) is 0 Å². The number of benzene rings is 3. The summed E-state index contributed by atoms with van der Waals surface area (Å²) in [6.45, 7) is 6.13. The molecule has 10 heteroatoms. The van der Waals surface area contributed by atoms with E-state index in [0.29, 0.717) is 11.5 Å². The number of carbonyl (C=O) groups is 1. The molecule has 0 bridgehead atoms. The van der Waals surface area contributed by atoms with E-state index in [-0.39, 0.29) is 11.6 Å². The molecule has 1 saturated heterocycles. The zero-order valence-corrected chi connectivity index (χ0v) is 22.5. The number of rotatable bonds is 8. The lowest BCUT2D eigenvalue weighted by molar-refractivity contribution is -0.137. The summed E-state index contributed by atoms with van der Waals surface area (Å²) >= 11 is 0. The lowest BCUT2D eigenvalue weighted by Gasteiger charge is -2.26. The van der Waals surface area contributed by atoms with E-state index in [0.717, 1.165) is 61.8 Å². The maximum Gasteiger partial charge on any atom is 0.416 e. The second-order valence-electron chi connectivity index (χ2n) is 9.90. The zero-order chi connectivity index (χ0) is 28.8. The van der Waals surface area contributed by atoms with E-state index in [1.807, 2.05) is 25.1 Å². The molecule has 1 aliphatic heterocycles. The van der Waals surface area contributed by atoms with E-state index in [9.17, 15) is 18.0 Å². The maximum atomic E-state index is 13.1. The van der Waals surface area contributed by atoms with Gasteiger partial charge in [-0.25, -0.2) is 4.98 Å². The Balaban J connectivity index is 1.25. The third-order valence-corrected chi connectivity index (χ3v) is 6.83. The molecule has 212 valence electrons. The van der Waals surface area contributed by atoms with E-state index >= 15 is 0 Å². The quantitative estimate of drug-likeness (QED) is 0.259. The molecule has 1 aromatic heterocycles. The van der Waals surface area contributed by atoms with Crippen molar-refractivity contribution < 1.29 is 22.7 Å². The number of nitrogens with one attached hydrogen (secondary N) is 2. The van der Waals surface area contributed by atoms with Crippen molar-refractivity contribution in [3.8, 4) is 11.3 Å². The van der Waals surface area contributed by atoms with Crippen LogP contribution in [-0.4, -0.2) is 47.1 Å². The molecular formula is C31H30F3N5O2. The average molecular weight is 562 g/mol. The van der Waals surface area contributed by atoms with Gasteiger partial charge in [-0.05, 0) is 54.4 Å². The smallest absolute Gasteiger partial charge is 0.379 e. The van der Waals surface area contributed by atoms with E-state index in [1.54, 1.807) is 30.6 Å². The fourth-order valence-electron chi connectivity index (χ4n) is 4.65. The first-order chi connectivity index (χ1) is 19.7. The summed E-state index contributed by atoms with van der Waals surface area (Å²) in [7, 11) is 0. The van der Waals surface area contributed by atoms with Crippen molar-refractivity contribution in [2.75, 3.05) is 36.9 Å². The molecule has 0 unspecified atom stereocenters. The first-order valence-corrected chi connectivity index (χ1v) is 13.3. The number of ether oxygens (including phenoxy) is 1. The molecule has 5 rings (SSSR count). The van der Waals surface area contributed by atoms with E-state index < -0.39 is 17.6 Å². The molecule has 2 N–H and O–H groups in total. The molecule has 1 aliphatic rings. The molecule has 3 aromatic carbocycles. The van der Waals surface area contributed by atoms with E-state index in [1.165, 1.54) is 17.7 Å². The first-order valence-electron chi connectivity index (χ1n) is 13.3. The Morgan fingerprint density at radius 2 is 1.78 bits per heavy atom. The molecule has 0 spiro atoms. The van der Waals surface area contributed by atoms with Gasteiger partial charge in [0.05, 0.1) is 42.9 Å². The number of anilines is 2. The third kappa shape index (κ3) is 7.47. The van der Waals surface area contributed by atoms with Gasteiger partial charge in [0.1, 0.15) is 5.82 Å². The van der Waals surface area contributed by atoms with Gasteiger partial charge in [-0.2, -0.15) is 13.2 Å². The number of hydrogen-bond donors (Lipinski definition) is 2. The average Bonchev–Trinajstić information content (AvgIpc) is 2.98. The Kier molecular flexibility index (Phi) is 8.61. The number of amides is 1. The molecule has 4 aromatic rings. The summed E-state index contributed by atoms with van der Waals surface area (Å²) in [6, 6.07) is 19.5. The van der Waals surface area contributed by atoms with Crippen LogP contribution in [0.15, 0.2) is 85.2 Å². The topological polar surface area (TPSA) is 79.4 Å². The van der Waals surface area contributed by atoms with Crippen LogP contribution < -0.4 is 10.6 Å². The van der Waals surface area contributed by atoms with Crippen molar-refractivity contribution in [3.63, 3.8) is 0 Å². The van der Waals surface area contributed by atoms with Crippen LogP contribution in [0.1, 0.15) is 40.0 Å². The summed E-state index contributed by atoms with van der Waals surface area (Å²) < 4.78 is 44.6. The molecule has 0 aliphatic carbocycles. The van der Waals surface area contributed by atoms with Crippen LogP contribution >= 0.6 is 0 Å². The maximum absolute atomic E-state index is 13.1. The Morgan fingerprint density at radius 1 is 1.00 bits per heavy atom. The van der Waals surface area contributed by atoms with Crippen LogP contribution in [-0.2, 0) is 17.5 Å². The minimum absolute atomic E-state index is 0.0718. The molecule has 7 nitrogen and oxygen atoms in total.